The smallest absolute Gasteiger partial charge is 0.0921 e. The lowest BCUT2D eigenvalue weighted by atomic mass is 10.1. The molecule has 0 amide bonds. The van der Waals surface area contributed by atoms with Gasteiger partial charge in [-0.2, -0.15) is 0 Å². The number of H-pyrrole nitrogens is 1. The lowest BCUT2D eigenvalue weighted by Crippen LogP contribution is -2.21. The summed E-state index contributed by atoms with van der Waals surface area (Å²) in [4.78, 5) is 7.08. The standard InChI is InChI=1S/C13H15BrClN3/c1-9(12-3-2-10(14)6-13(12)15)17-5-4-11-7-16-8-18-11/h2-3,6-9,17H,4-5H2,1H3,(H,16,18). The second kappa shape index (κ2) is 6.36. The van der Waals surface area contributed by atoms with Crippen LogP contribution in [0.5, 0.6) is 0 Å². The summed E-state index contributed by atoms with van der Waals surface area (Å²) in [5.74, 6) is 0. The molecule has 1 aromatic heterocycles. The number of hydrogen-bond donors (Lipinski definition) is 2. The molecule has 1 aromatic carbocycles. The van der Waals surface area contributed by atoms with Crippen LogP contribution in [0.15, 0.2) is 35.2 Å². The molecule has 2 rings (SSSR count). The van der Waals surface area contributed by atoms with Crippen molar-refractivity contribution in [2.45, 2.75) is 19.4 Å². The molecule has 3 nitrogen and oxygen atoms in total. The van der Waals surface area contributed by atoms with Crippen molar-refractivity contribution in [1.29, 1.82) is 0 Å². The van der Waals surface area contributed by atoms with Crippen LogP contribution in [0.25, 0.3) is 0 Å². The first-order valence-electron chi connectivity index (χ1n) is 5.82. The Morgan fingerprint density at radius 2 is 2.33 bits per heavy atom. The largest absolute Gasteiger partial charge is 0.348 e. The lowest BCUT2D eigenvalue weighted by Gasteiger charge is -2.15. The van der Waals surface area contributed by atoms with Crippen molar-refractivity contribution in [3.05, 3.63) is 51.5 Å². The Hall–Kier alpha value is -0.840. The molecule has 0 aliphatic carbocycles. The summed E-state index contributed by atoms with van der Waals surface area (Å²) >= 11 is 9.62. The van der Waals surface area contributed by atoms with Gasteiger partial charge in [0.15, 0.2) is 0 Å². The molecule has 0 saturated carbocycles. The van der Waals surface area contributed by atoms with Gasteiger partial charge in [0.1, 0.15) is 0 Å². The van der Waals surface area contributed by atoms with Crippen molar-refractivity contribution in [3.63, 3.8) is 0 Å². The van der Waals surface area contributed by atoms with E-state index in [0.29, 0.717) is 0 Å². The van der Waals surface area contributed by atoms with E-state index in [4.69, 9.17) is 11.6 Å². The third-order valence-electron chi connectivity index (χ3n) is 2.83. The molecule has 0 bridgehead atoms. The van der Waals surface area contributed by atoms with Crippen molar-refractivity contribution in [3.8, 4) is 0 Å². The molecule has 18 heavy (non-hydrogen) atoms. The van der Waals surface area contributed by atoms with Gasteiger partial charge in [0, 0.05) is 40.4 Å². The molecule has 1 heterocycles. The number of aromatic nitrogens is 2. The van der Waals surface area contributed by atoms with Gasteiger partial charge >= 0.3 is 0 Å². The Labute approximate surface area is 120 Å². The Morgan fingerprint density at radius 3 is 3.00 bits per heavy atom. The molecule has 0 fully saturated rings. The molecule has 1 unspecified atom stereocenters. The maximum absolute atomic E-state index is 6.22. The second-order valence-corrected chi connectivity index (χ2v) is 5.49. The number of hydrogen-bond acceptors (Lipinski definition) is 2. The van der Waals surface area contributed by atoms with Gasteiger partial charge in [-0.3, -0.25) is 0 Å². The Balaban J connectivity index is 1.89. The van der Waals surface area contributed by atoms with E-state index in [1.54, 1.807) is 6.33 Å². The average Bonchev–Trinajstić information content (AvgIpc) is 2.81. The topological polar surface area (TPSA) is 40.7 Å². The van der Waals surface area contributed by atoms with E-state index in [1.807, 2.05) is 24.4 Å². The zero-order valence-corrected chi connectivity index (χ0v) is 12.4. The van der Waals surface area contributed by atoms with Crippen LogP contribution in [0.1, 0.15) is 24.2 Å². The van der Waals surface area contributed by atoms with E-state index in [-0.39, 0.29) is 6.04 Å². The van der Waals surface area contributed by atoms with Crippen molar-refractivity contribution in [1.82, 2.24) is 15.3 Å². The molecular formula is C13H15BrClN3. The number of rotatable bonds is 5. The number of nitrogens with one attached hydrogen (secondary N) is 2. The van der Waals surface area contributed by atoms with E-state index < -0.39 is 0 Å². The highest BCUT2D eigenvalue weighted by Gasteiger charge is 2.09. The van der Waals surface area contributed by atoms with E-state index in [0.717, 1.165) is 33.7 Å². The van der Waals surface area contributed by atoms with Crippen LogP contribution in [0, 0.1) is 0 Å². The number of halogens is 2. The van der Waals surface area contributed by atoms with Crippen LogP contribution in [0.3, 0.4) is 0 Å². The molecule has 96 valence electrons. The van der Waals surface area contributed by atoms with Crippen molar-refractivity contribution in [2.24, 2.45) is 0 Å². The fourth-order valence-corrected chi connectivity index (χ4v) is 2.64. The van der Waals surface area contributed by atoms with Crippen molar-refractivity contribution < 1.29 is 0 Å². The summed E-state index contributed by atoms with van der Waals surface area (Å²) < 4.78 is 1.00. The molecule has 0 aliphatic rings. The minimum Gasteiger partial charge on any atom is -0.348 e. The molecule has 0 aliphatic heterocycles. The van der Waals surface area contributed by atoms with E-state index >= 15 is 0 Å². The minimum absolute atomic E-state index is 0.230. The van der Waals surface area contributed by atoms with Gasteiger partial charge < -0.3 is 10.3 Å². The van der Waals surface area contributed by atoms with Gasteiger partial charge in [-0.15, -0.1) is 0 Å². The van der Waals surface area contributed by atoms with E-state index in [2.05, 4.69) is 38.1 Å². The fourth-order valence-electron chi connectivity index (χ4n) is 1.81. The second-order valence-electron chi connectivity index (χ2n) is 4.17. The van der Waals surface area contributed by atoms with Crippen LogP contribution >= 0.6 is 27.5 Å². The lowest BCUT2D eigenvalue weighted by molar-refractivity contribution is 0.574. The quantitative estimate of drug-likeness (QED) is 0.878. The monoisotopic (exact) mass is 327 g/mol. The fraction of sp³-hybridized carbons (Fsp3) is 0.308. The summed E-state index contributed by atoms with van der Waals surface area (Å²) in [6.45, 7) is 3.00. The number of imidazole rings is 1. The van der Waals surface area contributed by atoms with Crippen LogP contribution in [-0.2, 0) is 6.42 Å². The zero-order chi connectivity index (χ0) is 13.0. The predicted molar refractivity (Wildman–Crippen MR) is 77.9 cm³/mol. The molecule has 0 saturated heterocycles. The number of nitrogens with zero attached hydrogens (tertiary/aromatic N) is 1. The molecule has 5 heteroatoms. The van der Waals surface area contributed by atoms with E-state index in [1.165, 1.54) is 0 Å². The maximum atomic E-state index is 6.22. The van der Waals surface area contributed by atoms with Crippen LogP contribution in [0.2, 0.25) is 5.02 Å². The summed E-state index contributed by atoms with van der Waals surface area (Å²) in [6.07, 6.45) is 4.47. The zero-order valence-electron chi connectivity index (χ0n) is 10.1. The normalized spacial score (nSPS) is 12.6. The van der Waals surface area contributed by atoms with Crippen LogP contribution in [-0.4, -0.2) is 16.5 Å². The third-order valence-corrected chi connectivity index (χ3v) is 3.65. The molecule has 0 radical (unpaired) electrons. The van der Waals surface area contributed by atoms with Gasteiger partial charge in [-0.25, -0.2) is 4.98 Å². The number of aromatic amines is 1. The minimum atomic E-state index is 0.230. The molecular weight excluding hydrogens is 314 g/mol. The third kappa shape index (κ3) is 3.57. The highest BCUT2D eigenvalue weighted by Crippen LogP contribution is 2.26. The maximum Gasteiger partial charge on any atom is 0.0921 e. The van der Waals surface area contributed by atoms with Crippen LogP contribution in [0.4, 0.5) is 0 Å². The molecule has 1 atom stereocenters. The Bertz CT molecular complexity index is 499. The first-order chi connectivity index (χ1) is 8.66. The van der Waals surface area contributed by atoms with Gasteiger partial charge in [-0.05, 0) is 24.6 Å². The summed E-state index contributed by atoms with van der Waals surface area (Å²) in [5.41, 5.74) is 2.25. The summed E-state index contributed by atoms with van der Waals surface area (Å²) in [5, 5.41) is 4.23. The first-order valence-corrected chi connectivity index (χ1v) is 6.99. The van der Waals surface area contributed by atoms with Crippen molar-refractivity contribution >= 4 is 27.5 Å². The van der Waals surface area contributed by atoms with Gasteiger partial charge in [0.05, 0.1) is 6.33 Å². The number of benzene rings is 1. The first kappa shape index (κ1) is 13.6. The average molecular weight is 329 g/mol. The predicted octanol–water partition coefficient (Wildman–Crippen LogP) is 3.72. The highest BCUT2D eigenvalue weighted by atomic mass is 79.9. The van der Waals surface area contributed by atoms with E-state index in [9.17, 15) is 0 Å². The van der Waals surface area contributed by atoms with Crippen LogP contribution < -0.4 is 5.32 Å². The van der Waals surface area contributed by atoms with Gasteiger partial charge in [0.2, 0.25) is 0 Å². The Morgan fingerprint density at radius 1 is 1.50 bits per heavy atom. The van der Waals surface area contributed by atoms with Gasteiger partial charge in [0.25, 0.3) is 0 Å². The highest BCUT2D eigenvalue weighted by molar-refractivity contribution is 9.10. The molecule has 0 spiro atoms. The van der Waals surface area contributed by atoms with Crippen molar-refractivity contribution in [2.75, 3.05) is 6.54 Å². The van der Waals surface area contributed by atoms with Gasteiger partial charge in [-0.1, -0.05) is 33.6 Å². The summed E-state index contributed by atoms with van der Waals surface area (Å²) in [7, 11) is 0. The SMILES string of the molecule is CC(NCCc1cnc[nH]1)c1ccc(Br)cc1Cl. The molecule has 2 N–H and O–H groups in total. The Kier molecular flexibility index (Phi) is 4.80. The summed E-state index contributed by atoms with van der Waals surface area (Å²) in [6, 6.07) is 6.20. The molecule has 2 aromatic rings.